The van der Waals surface area contributed by atoms with Crippen LogP contribution in [0.2, 0.25) is 0 Å². The van der Waals surface area contributed by atoms with Crippen molar-refractivity contribution in [2.24, 2.45) is 0 Å². The van der Waals surface area contributed by atoms with Gasteiger partial charge < -0.3 is 0 Å². The Hall–Kier alpha value is -2.80. The fraction of sp³-hybridized carbons (Fsp3) is 0.0667. The average Bonchev–Trinajstić information content (AvgIpc) is 3.17. The van der Waals surface area contributed by atoms with Crippen LogP contribution in [0.25, 0.3) is 21.9 Å². The summed E-state index contributed by atoms with van der Waals surface area (Å²) in [6, 6.07) is 7.61. The van der Waals surface area contributed by atoms with Crippen molar-refractivity contribution in [3.05, 3.63) is 57.2 Å². The highest BCUT2D eigenvalue weighted by atomic mass is 32.1. The smallest absolute Gasteiger partial charge is 0.287 e. The number of carbonyl (C=O) groups excluding carboxylic acids is 1. The predicted molar refractivity (Wildman–Crippen MR) is 84.2 cm³/mol. The van der Waals surface area contributed by atoms with Gasteiger partial charge in [0, 0.05) is 24.1 Å². The molecule has 3 aromatic heterocycles. The van der Waals surface area contributed by atoms with E-state index >= 15 is 0 Å². The number of rotatable bonds is 1. The maximum absolute atomic E-state index is 12.2. The van der Waals surface area contributed by atoms with E-state index < -0.39 is 0 Å². The first-order chi connectivity index (χ1) is 10.6. The second-order valence-electron chi connectivity index (χ2n) is 4.86. The quantitative estimate of drug-likeness (QED) is 0.531. The maximum atomic E-state index is 12.2. The molecule has 22 heavy (non-hydrogen) atoms. The third kappa shape index (κ3) is 1.79. The summed E-state index contributed by atoms with van der Waals surface area (Å²) in [6.45, 7) is 1.51. The average molecular weight is 310 g/mol. The van der Waals surface area contributed by atoms with E-state index in [9.17, 15) is 9.59 Å². The Morgan fingerprint density at radius 2 is 2.14 bits per heavy atom. The van der Waals surface area contributed by atoms with Crippen LogP contribution in [-0.4, -0.2) is 25.1 Å². The number of fused-ring (bicyclic) bond motifs is 2. The van der Waals surface area contributed by atoms with E-state index in [0.717, 1.165) is 16.5 Å². The van der Waals surface area contributed by atoms with Crippen molar-refractivity contribution >= 4 is 39.2 Å². The van der Waals surface area contributed by atoms with Gasteiger partial charge in [-0.3, -0.25) is 14.2 Å². The molecule has 0 radical (unpaired) electrons. The van der Waals surface area contributed by atoms with Crippen LogP contribution in [0.5, 0.6) is 0 Å². The van der Waals surface area contributed by atoms with Crippen molar-refractivity contribution in [1.82, 2.24) is 19.2 Å². The van der Waals surface area contributed by atoms with Crippen molar-refractivity contribution in [2.75, 3.05) is 0 Å². The SMILES string of the molecule is CC(=O)n1cc(/C=c2\sc3ncnn3c2=O)c2ccccc21. The van der Waals surface area contributed by atoms with Crippen molar-refractivity contribution < 1.29 is 4.79 Å². The van der Waals surface area contributed by atoms with E-state index in [1.165, 1.54) is 29.1 Å². The fourth-order valence-corrected chi connectivity index (χ4v) is 3.37. The number of benzene rings is 1. The number of hydrogen-bond acceptors (Lipinski definition) is 5. The molecule has 0 aliphatic carbocycles. The van der Waals surface area contributed by atoms with Gasteiger partial charge in [0.05, 0.1) is 10.0 Å². The molecule has 0 aliphatic rings. The third-order valence-electron chi connectivity index (χ3n) is 3.49. The molecular weight excluding hydrogens is 300 g/mol. The van der Waals surface area contributed by atoms with Gasteiger partial charge in [0.25, 0.3) is 5.56 Å². The van der Waals surface area contributed by atoms with Crippen LogP contribution < -0.4 is 10.1 Å². The summed E-state index contributed by atoms with van der Waals surface area (Å²) in [5.41, 5.74) is 1.46. The van der Waals surface area contributed by atoms with Crippen molar-refractivity contribution in [2.45, 2.75) is 6.92 Å². The van der Waals surface area contributed by atoms with E-state index in [1.54, 1.807) is 16.8 Å². The molecule has 108 valence electrons. The van der Waals surface area contributed by atoms with Crippen LogP contribution in [0.4, 0.5) is 0 Å². The second kappa shape index (κ2) is 4.60. The number of hydrogen-bond donors (Lipinski definition) is 0. The maximum Gasteiger partial charge on any atom is 0.291 e. The number of para-hydroxylation sites is 1. The van der Waals surface area contributed by atoms with Gasteiger partial charge in [0.1, 0.15) is 6.33 Å². The van der Waals surface area contributed by atoms with Gasteiger partial charge in [-0.25, -0.2) is 4.98 Å². The number of aromatic nitrogens is 4. The minimum atomic E-state index is -0.197. The zero-order valence-corrected chi connectivity index (χ0v) is 12.4. The van der Waals surface area contributed by atoms with Gasteiger partial charge in [0.2, 0.25) is 10.9 Å². The number of nitrogens with zero attached hydrogens (tertiary/aromatic N) is 4. The van der Waals surface area contributed by atoms with Crippen LogP contribution in [0.3, 0.4) is 0 Å². The van der Waals surface area contributed by atoms with Crippen LogP contribution in [0.1, 0.15) is 17.3 Å². The van der Waals surface area contributed by atoms with Gasteiger partial charge in [0.15, 0.2) is 0 Å². The summed E-state index contributed by atoms with van der Waals surface area (Å²) in [6.07, 6.45) is 4.89. The Morgan fingerprint density at radius 3 is 2.91 bits per heavy atom. The lowest BCUT2D eigenvalue weighted by atomic mass is 10.2. The Kier molecular flexibility index (Phi) is 2.70. The highest BCUT2D eigenvalue weighted by Gasteiger charge is 2.10. The molecule has 0 fully saturated rings. The molecule has 4 rings (SSSR count). The van der Waals surface area contributed by atoms with Gasteiger partial charge in [-0.05, 0) is 12.1 Å². The minimum absolute atomic E-state index is 0.0687. The Labute approximate surface area is 127 Å². The predicted octanol–water partition coefficient (Wildman–Crippen LogP) is 1.31. The van der Waals surface area contributed by atoms with E-state index in [4.69, 9.17) is 0 Å². The molecule has 0 unspecified atom stereocenters. The summed E-state index contributed by atoms with van der Waals surface area (Å²) in [5.74, 6) is -0.0687. The molecule has 0 N–H and O–H groups in total. The van der Waals surface area contributed by atoms with Gasteiger partial charge in [-0.15, -0.1) is 0 Å². The van der Waals surface area contributed by atoms with E-state index in [0.29, 0.717) is 9.49 Å². The molecule has 0 amide bonds. The summed E-state index contributed by atoms with van der Waals surface area (Å²) in [5, 5.41) is 4.83. The van der Waals surface area contributed by atoms with Crippen molar-refractivity contribution in [3.63, 3.8) is 0 Å². The molecule has 0 saturated heterocycles. The first-order valence-electron chi connectivity index (χ1n) is 6.60. The lowest BCUT2D eigenvalue weighted by Crippen LogP contribution is -2.23. The van der Waals surface area contributed by atoms with Crippen molar-refractivity contribution in [1.29, 1.82) is 0 Å². The first kappa shape index (κ1) is 12.9. The van der Waals surface area contributed by atoms with E-state index in [2.05, 4.69) is 10.1 Å². The lowest BCUT2D eigenvalue weighted by molar-refractivity contribution is 0.0941. The normalized spacial score (nSPS) is 12.5. The molecule has 4 aromatic rings. The highest BCUT2D eigenvalue weighted by molar-refractivity contribution is 7.15. The van der Waals surface area contributed by atoms with Crippen LogP contribution in [0.15, 0.2) is 41.6 Å². The first-order valence-corrected chi connectivity index (χ1v) is 7.42. The molecule has 1 aromatic carbocycles. The van der Waals surface area contributed by atoms with Crippen LogP contribution in [0, 0.1) is 0 Å². The summed E-state index contributed by atoms with van der Waals surface area (Å²) in [7, 11) is 0. The number of thiazole rings is 1. The van der Waals surface area contributed by atoms with Crippen LogP contribution in [-0.2, 0) is 0 Å². The van der Waals surface area contributed by atoms with Crippen molar-refractivity contribution in [3.8, 4) is 0 Å². The topological polar surface area (TPSA) is 69.3 Å². The highest BCUT2D eigenvalue weighted by Crippen LogP contribution is 2.21. The van der Waals surface area contributed by atoms with Crippen LogP contribution >= 0.6 is 11.3 Å². The molecule has 0 saturated carbocycles. The summed E-state index contributed by atoms with van der Waals surface area (Å²) < 4.78 is 3.41. The third-order valence-corrected chi connectivity index (χ3v) is 4.46. The second-order valence-corrected chi connectivity index (χ2v) is 5.87. The lowest BCUT2D eigenvalue weighted by Gasteiger charge is -1.96. The van der Waals surface area contributed by atoms with Gasteiger partial charge >= 0.3 is 0 Å². The molecule has 6 nitrogen and oxygen atoms in total. The molecule has 0 atom stereocenters. The number of carbonyl (C=O) groups is 1. The monoisotopic (exact) mass is 310 g/mol. The Bertz CT molecular complexity index is 1140. The van der Waals surface area contributed by atoms with E-state index in [-0.39, 0.29) is 11.5 Å². The largest absolute Gasteiger partial charge is 0.291 e. The summed E-state index contributed by atoms with van der Waals surface area (Å²) >= 11 is 1.28. The Morgan fingerprint density at radius 1 is 1.32 bits per heavy atom. The molecule has 7 heteroatoms. The zero-order chi connectivity index (χ0) is 15.3. The summed E-state index contributed by atoms with van der Waals surface area (Å²) in [4.78, 5) is 28.6. The fourth-order valence-electron chi connectivity index (χ4n) is 2.50. The zero-order valence-electron chi connectivity index (χ0n) is 11.6. The van der Waals surface area contributed by atoms with E-state index in [1.807, 2.05) is 24.3 Å². The molecule has 0 spiro atoms. The molecule has 0 aliphatic heterocycles. The Balaban J connectivity index is 2.04. The van der Waals surface area contributed by atoms with Gasteiger partial charge in [-0.1, -0.05) is 29.5 Å². The molecule has 3 heterocycles. The molecule has 0 bridgehead atoms. The minimum Gasteiger partial charge on any atom is -0.287 e. The van der Waals surface area contributed by atoms with Gasteiger partial charge in [-0.2, -0.15) is 9.61 Å². The standard InChI is InChI=1S/C15H10N4O2S/c1-9(20)18-7-10(11-4-2-3-5-12(11)18)6-13-14(21)19-15(22-13)16-8-17-19/h2-8H,1H3/b13-6-. The molecular formula is C15H10N4O2S.